The molecule has 3 nitrogen and oxygen atoms in total. The van der Waals surface area contributed by atoms with Crippen LogP contribution in [0.2, 0.25) is 0 Å². The third kappa shape index (κ3) is 4.67. The molecule has 0 heterocycles. The Hall–Kier alpha value is -1.35. The van der Waals surface area contributed by atoms with Gasteiger partial charge < -0.3 is 11.1 Å². The van der Waals surface area contributed by atoms with Gasteiger partial charge in [-0.3, -0.25) is 4.79 Å². The highest BCUT2D eigenvalue weighted by atomic mass is 16.1. The lowest BCUT2D eigenvalue weighted by Gasteiger charge is -2.22. The molecule has 0 saturated carbocycles. The topological polar surface area (TPSA) is 55.1 Å². The fraction of sp³-hybridized carbons (Fsp3) is 0.562. The molecule has 1 unspecified atom stereocenters. The molecule has 0 aliphatic heterocycles. The summed E-state index contributed by atoms with van der Waals surface area (Å²) >= 11 is 0. The third-order valence-electron chi connectivity index (χ3n) is 3.63. The molecule has 0 bridgehead atoms. The van der Waals surface area contributed by atoms with Crippen LogP contribution in [0.15, 0.2) is 24.3 Å². The maximum Gasteiger partial charge on any atom is 0.251 e. The summed E-state index contributed by atoms with van der Waals surface area (Å²) in [7, 11) is 0. The predicted molar refractivity (Wildman–Crippen MR) is 80.3 cm³/mol. The highest BCUT2D eigenvalue weighted by Crippen LogP contribution is 2.19. The van der Waals surface area contributed by atoms with Gasteiger partial charge in [-0.25, -0.2) is 0 Å². The molecule has 106 valence electrons. The van der Waals surface area contributed by atoms with Crippen LogP contribution in [-0.2, 0) is 0 Å². The Morgan fingerprint density at radius 2 is 1.89 bits per heavy atom. The highest BCUT2D eigenvalue weighted by molar-refractivity contribution is 5.94. The summed E-state index contributed by atoms with van der Waals surface area (Å²) in [6.45, 7) is 9.59. The van der Waals surface area contributed by atoms with Crippen LogP contribution in [0.5, 0.6) is 0 Å². The number of hydrogen-bond acceptors (Lipinski definition) is 2. The minimum Gasteiger partial charge on any atom is -0.351 e. The number of rotatable bonds is 6. The fourth-order valence-corrected chi connectivity index (χ4v) is 1.69. The van der Waals surface area contributed by atoms with Crippen molar-refractivity contribution in [2.75, 3.05) is 13.1 Å². The standard InChI is InChI=1S/C16H26N2O/c1-5-12(2)13-6-8-14(9-7-13)15(19)18-11-16(3,4)10-17/h6-9,12H,5,10-11,17H2,1-4H3,(H,18,19). The van der Waals surface area contributed by atoms with Gasteiger partial charge in [0.25, 0.3) is 5.91 Å². The van der Waals surface area contributed by atoms with Gasteiger partial charge in [0.15, 0.2) is 0 Å². The van der Waals surface area contributed by atoms with Crippen LogP contribution in [0.25, 0.3) is 0 Å². The van der Waals surface area contributed by atoms with E-state index >= 15 is 0 Å². The molecule has 0 aliphatic rings. The van der Waals surface area contributed by atoms with Crippen molar-refractivity contribution in [1.82, 2.24) is 5.32 Å². The molecule has 3 N–H and O–H groups in total. The lowest BCUT2D eigenvalue weighted by Crippen LogP contribution is -2.38. The zero-order valence-corrected chi connectivity index (χ0v) is 12.5. The number of hydrogen-bond donors (Lipinski definition) is 2. The first kappa shape index (κ1) is 15.7. The average molecular weight is 262 g/mol. The van der Waals surface area contributed by atoms with E-state index < -0.39 is 0 Å². The molecule has 0 radical (unpaired) electrons. The van der Waals surface area contributed by atoms with E-state index in [-0.39, 0.29) is 11.3 Å². The second-order valence-corrected chi connectivity index (χ2v) is 5.98. The van der Waals surface area contributed by atoms with Crippen molar-refractivity contribution in [3.63, 3.8) is 0 Å². The molecule has 1 aromatic rings. The molecule has 0 fully saturated rings. The Morgan fingerprint density at radius 1 is 1.32 bits per heavy atom. The molecule has 0 aliphatic carbocycles. The average Bonchev–Trinajstić information content (AvgIpc) is 2.44. The van der Waals surface area contributed by atoms with E-state index in [9.17, 15) is 4.79 Å². The van der Waals surface area contributed by atoms with E-state index in [1.54, 1.807) is 0 Å². The van der Waals surface area contributed by atoms with Crippen molar-refractivity contribution in [2.24, 2.45) is 11.1 Å². The van der Waals surface area contributed by atoms with E-state index in [0.717, 1.165) is 6.42 Å². The summed E-state index contributed by atoms with van der Waals surface area (Å²) in [6, 6.07) is 7.87. The zero-order chi connectivity index (χ0) is 14.5. The second kappa shape index (κ2) is 6.71. The maximum atomic E-state index is 12.0. The SMILES string of the molecule is CCC(C)c1ccc(C(=O)NCC(C)(C)CN)cc1. The van der Waals surface area contributed by atoms with E-state index in [1.165, 1.54) is 5.56 Å². The Morgan fingerprint density at radius 3 is 2.37 bits per heavy atom. The van der Waals surface area contributed by atoms with E-state index in [1.807, 2.05) is 38.1 Å². The Bertz CT molecular complexity index is 409. The largest absolute Gasteiger partial charge is 0.351 e. The summed E-state index contributed by atoms with van der Waals surface area (Å²) in [6.07, 6.45) is 1.11. The summed E-state index contributed by atoms with van der Waals surface area (Å²) in [5.41, 5.74) is 7.57. The lowest BCUT2D eigenvalue weighted by atomic mass is 9.93. The van der Waals surface area contributed by atoms with Gasteiger partial charge in [0.1, 0.15) is 0 Å². The van der Waals surface area contributed by atoms with Crippen molar-refractivity contribution < 1.29 is 4.79 Å². The smallest absolute Gasteiger partial charge is 0.251 e. The quantitative estimate of drug-likeness (QED) is 0.828. The molecule has 0 saturated heterocycles. The van der Waals surface area contributed by atoms with Crippen molar-refractivity contribution in [2.45, 2.75) is 40.0 Å². The van der Waals surface area contributed by atoms with E-state index in [0.29, 0.717) is 24.6 Å². The van der Waals surface area contributed by atoms with Crippen LogP contribution in [0.3, 0.4) is 0 Å². The molecule has 1 atom stereocenters. The Labute approximate surface area is 116 Å². The fourth-order valence-electron chi connectivity index (χ4n) is 1.69. The molecule has 1 amide bonds. The maximum absolute atomic E-state index is 12.0. The number of carbonyl (C=O) groups excluding carboxylic acids is 1. The highest BCUT2D eigenvalue weighted by Gasteiger charge is 2.17. The molecular weight excluding hydrogens is 236 g/mol. The van der Waals surface area contributed by atoms with Gasteiger partial charge in [-0.1, -0.05) is 39.8 Å². The number of carbonyl (C=O) groups is 1. The minimum atomic E-state index is -0.0632. The summed E-state index contributed by atoms with van der Waals surface area (Å²) in [5, 5.41) is 2.93. The number of benzene rings is 1. The second-order valence-electron chi connectivity index (χ2n) is 5.98. The van der Waals surface area contributed by atoms with Crippen molar-refractivity contribution in [3.8, 4) is 0 Å². The van der Waals surface area contributed by atoms with Crippen molar-refractivity contribution in [1.29, 1.82) is 0 Å². The van der Waals surface area contributed by atoms with Crippen LogP contribution in [0.1, 0.15) is 56.0 Å². The monoisotopic (exact) mass is 262 g/mol. The van der Waals surface area contributed by atoms with Gasteiger partial charge >= 0.3 is 0 Å². The first-order valence-electron chi connectivity index (χ1n) is 6.98. The summed E-state index contributed by atoms with van der Waals surface area (Å²) in [5.74, 6) is 0.505. The van der Waals surface area contributed by atoms with Gasteiger partial charge in [-0.05, 0) is 42.0 Å². The van der Waals surface area contributed by atoms with Gasteiger partial charge in [0.05, 0.1) is 0 Å². The Balaban J connectivity index is 2.63. The number of nitrogens with one attached hydrogen (secondary N) is 1. The number of nitrogens with two attached hydrogens (primary N) is 1. The van der Waals surface area contributed by atoms with E-state index in [4.69, 9.17) is 5.73 Å². The van der Waals surface area contributed by atoms with Gasteiger partial charge in [-0.15, -0.1) is 0 Å². The molecule has 0 spiro atoms. The van der Waals surface area contributed by atoms with Crippen LogP contribution >= 0.6 is 0 Å². The Kier molecular flexibility index (Phi) is 5.55. The first-order chi connectivity index (χ1) is 8.89. The molecule has 19 heavy (non-hydrogen) atoms. The van der Waals surface area contributed by atoms with Crippen LogP contribution in [0, 0.1) is 5.41 Å². The third-order valence-corrected chi connectivity index (χ3v) is 3.63. The molecular formula is C16H26N2O. The summed E-state index contributed by atoms with van der Waals surface area (Å²) in [4.78, 5) is 12.0. The van der Waals surface area contributed by atoms with Crippen molar-refractivity contribution in [3.05, 3.63) is 35.4 Å². The lowest BCUT2D eigenvalue weighted by molar-refractivity contribution is 0.0938. The van der Waals surface area contributed by atoms with Crippen molar-refractivity contribution >= 4 is 5.91 Å². The van der Waals surface area contributed by atoms with Gasteiger partial charge in [0, 0.05) is 12.1 Å². The molecule has 1 aromatic carbocycles. The molecule has 1 rings (SSSR count). The van der Waals surface area contributed by atoms with Crippen LogP contribution in [0.4, 0.5) is 0 Å². The zero-order valence-electron chi connectivity index (χ0n) is 12.5. The minimum absolute atomic E-state index is 0.0303. The summed E-state index contributed by atoms with van der Waals surface area (Å²) < 4.78 is 0. The van der Waals surface area contributed by atoms with E-state index in [2.05, 4.69) is 19.2 Å². The number of amides is 1. The first-order valence-corrected chi connectivity index (χ1v) is 6.98. The van der Waals surface area contributed by atoms with Gasteiger partial charge in [-0.2, -0.15) is 0 Å². The van der Waals surface area contributed by atoms with Crippen LogP contribution < -0.4 is 11.1 Å². The van der Waals surface area contributed by atoms with Gasteiger partial charge in [0.2, 0.25) is 0 Å². The molecule has 0 aromatic heterocycles. The molecule has 3 heteroatoms. The normalized spacial score (nSPS) is 13.1. The predicted octanol–water partition coefficient (Wildman–Crippen LogP) is 2.91. The van der Waals surface area contributed by atoms with Crippen LogP contribution in [-0.4, -0.2) is 19.0 Å².